The zero-order valence-corrected chi connectivity index (χ0v) is 11.7. The highest BCUT2D eigenvalue weighted by Gasteiger charge is 2.33. The number of alkyl halides is 3. The Hall–Kier alpha value is -1.37. The van der Waals surface area contributed by atoms with Gasteiger partial charge in [0.2, 0.25) is 5.95 Å². The molecule has 0 atom stereocenters. The van der Waals surface area contributed by atoms with Crippen molar-refractivity contribution in [3.05, 3.63) is 18.0 Å². The molecule has 0 spiro atoms. The molecule has 20 heavy (non-hydrogen) atoms. The number of piperidine rings is 1. The average molecular weight is 288 g/mol. The fourth-order valence-corrected chi connectivity index (χ4v) is 2.42. The molecule has 1 aromatic heterocycles. The van der Waals surface area contributed by atoms with Gasteiger partial charge in [0, 0.05) is 25.3 Å². The highest BCUT2D eigenvalue weighted by molar-refractivity contribution is 5.31. The highest BCUT2D eigenvalue weighted by atomic mass is 19.4. The third-order valence-corrected chi connectivity index (χ3v) is 3.80. The Morgan fingerprint density at radius 2 is 2.00 bits per heavy atom. The smallest absolute Gasteiger partial charge is 0.341 e. The van der Waals surface area contributed by atoms with E-state index in [9.17, 15) is 13.2 Å². The van der Waals surface area contributed by atoms with Crippen LogP contribution in [0.2, 0.25) is 0 Å². The summed E-state index contributed by atoms with van der Waals surface area (Å²) in [5, 5.41) is 0. The van der Waals surface area contributed by atoms with Crippen LogP contribution < -0.4 is 4.90 Å². The predicted octanol–water partition coefficient (Wildman–Crippen LogP) is 2.42. The monoisotopic (exact) mass is 288 g/mol. The lowest BCUT2D eigenvalue weighted by Crippen LogP contribution is -2.44. The van der Waals surface area contributed by atoms with Gasteiger partial charge in [0.1, 0.15) is 5.69 Å². The quantitative estimate of drug-likeness (QED) is 0.855. The van der Waals surface area contributed by atoms with Gasteiger partial charge in [-0.25, -0.2) is 9.97 Å². The van der Waals surface area contributed by atoms with Gasteiger partial charge in [-0.2, -0.15) is 13.2 Å². The molecular formula is C13H19F3N4. The predicted molar refractivity (Wildman–Crippen MR) is 70.6 cm³/mol. The number of halogens is 3. The molecule has 0 N–H and O–H groups in total. The van der Waals surface area contributed by atoms with Gasteiger partial charge in [0.05, 0.1) is 0 Å². The first-order valence-electron chi connectivity index (χ1n) is 6.77. The lowest BCUT2D eigenvalue weighted by atomic mass is 10.0. The van der Waals surface area contributed by atoms with E-state index in [0.29, 0.717) is 19.1 Å². The van der Waals surface area contributed by atoms with Gasteiger partial charge in [-0.15, -0.1) is 0 Å². The average Bonchev–Trinajstić information content (AvgIpc) is 2.46. The summed E-state index contributed by atoms with van der Waals surface area (Å²) in [5.74, 6) is 0.178. The molecule has 0 unspecified atom stereocenters. The minimum atomic E-state index is -4.42. The van der Waals surface area contributed by atoms with Crippen molar-refractivity contribution >= 4 is 5.95 Å². The summed E-state index contributed by atoms with van der Waals surface area (Å²) in [5.41, 5.74) is -0.879. The van der Waals surface area contributed by atoms with E-state index in [2.05, 4.69) is 28.8 Å². The minimum Gasteiger partial charge on any atom is -0.341 e. The molecular weight excluding hydrogens is 269 g/mol. The maximum absolute atomic E-state index is 12.6. The normalized spacial score (nSPS) is 17.8. The van der Waals surface area contributed by atoms with Crippen LogP contribution >= 0.6 is 0 Å². The number of hydrogen-bond acceptors (Lipinski definition) is 4. The lowest BCUT2D eigenvalue weighted by Gasteiger charge is -2.36. The van der Waals surface area contributed by atoms with Crippen LogP contribution in [0, 0.1) is 0 Å². The second kappa shape index (κ2) is 5.95. The van der Waals surface area contributed by atoms with Crippen molar-refractivity contribution in [2.75, 3.05) is 31.6 Å². The molecule has 0 radical (unpaired) electrons. The first-order chi connectivity index (χ1) is 9.41. The Bertz CT molecular complexity index is 441. The second-order valence-corrected chi connectivity index (χ2v) is 5.03. The Morgan fingerprint density at radius 3 is 2.55 bits per heavy atom. The maximum atomic E-state index is 12.6. The fourth-order valence-electron chi connectivity index (χ4n) is 2.42. The van der Waals surface area contributed by atoms with E-state index in [0.717, 1.165) is 25.5 Å². The Labute approximate surface area is 116 Å². The SMILES string of the molecule is CCN(C)C1CCN(c2nccc(C(F)(F)F)n2)CC1. The summed E-state index contributed by atoms with van der Waals surface area (Å²) < 4.78 is 37.9. The van der Waals surface area contributed by atoms with E-state index in [1.807, 2.05) is 4.90 Å². The van der Waals surface area contributed by atoms with Crippen molar-refractivity contribution in [2.45, 2.75) is 32.0 Å². The molecule has 4 nitrogen and oxygen atoms in total. The van der Waals surface area contributed by atoms with Gasteiger partial charge >= 0.3 is 6.18 Å². The van der Waals surface area contributed by atoms with Crippen LogP contribution in [0.3, 0.4) is 0 Å². The third kappa shape index (κ3) is 3.39. The Morgan fingerprint density at radius 1 is 1.35 bits per heavy atom. The minimum absolute atomic E-state index is 0.178. The van der Waals surface area contributed by atoms with E-state index < -0.39 is 11.9 Å². The third-order valence-electron chi connectivity index (χ3n) is 3.80. The summed E-state index contributed by atoms with van der Waals surface area (Å²) >= 11 is 0. The van der Waals surface area contributed by atoms with Crippen molar-refractivity contribution < 1.29 is 13.2 Å². The van der Waals surface area contributed by atoms with Gasteiger partial charge in [-0.05, 0) is 32.5 Å². The van der Waals surface area contributed by atoms with E-state index in [1.54, 1.807) is 0 Å². The van der Waals surface area contributed by atoms with Crippen molar-refractivity contribution in [3.8, 4) is 0 Å². The topological polar surface area (TPSA) is 32.3 Å². The zero-order valence-electron chi connectivity index (χ0n) is 11.7. The van der Waals surface area contributed by atoms with Crippen LogP contribution in [0.1, 0.15) is 25.5 Å². The summed E-state index contributed by atoms with van der Waals surface area (Å²) in [6.45, 7) is 4.46. The van der Waals surface area contributed by atoms with Crippen LogP contribution in [0.4, 0.5) is 19.1 Å². The molecule has 1 aromatic rings. The van der Waals surface area contributed by atoms with Crippen LogP contribution in [0.25, 0.3) is 0 Å². The molecule has 1 aliphatic heterocycles. The largest absolute Gasteiger partial charge is 0.433 e. The van der Waals surface area contributed by atoms with Crippen LogP contribution in [0.15, 0.2) is 12.3 Å². The van der Waals surface area contributed by atoms with Gasteiger partial charge in [0.15, 0.2) is 0 Å². The van der Waals surface area contributed by atoms with Gasteiger partial charge in [-0.3, -0.25) is 0 Å². The molecule has 1 saturated heterocycles. The summed E-state index contributed by atoms with van der Waals surface area (Å²) in [7, 11) is 2.07. The van der Waals surface area contributed by atoms with Crippen LogP contribution in [-0.4, -0.2) is 47.6 Å². The molecule has 2 rings (SSSR count). The van der Waals surface area contributed by atoms with Crippen LogP contribution in [-0.2, 0) is 6.18 Å². The lowest BCUT2D eigenvalue weighted by molar-refractivity contribution is -0.141. The molecule has 1 fully saturated rings. The van der Waals surface area contributed by atoms with E-state index >= 15 is 0 Å². The summed E-state index contributed by atoms with van der Waals surface area (Å²) in [6, 6.07) is 1.39. The van der Waals surface area contributed by atoms with Crippen LogP contribution in [0.5, 0.6) is 0 Å². The number of hydrogen-bond donors (Lipinski definition) is 0. The molecule has 0 aliphatic carbocycles. The molecule has 0 amide bonds. The summed E-state index contributed by atoms with van der Waals surface area (Å²) in [6.07, 6.45) is -1.40. The van der Waals surface area contributed by atoms with Crippen molar-refractivity contribution in [3.63, 3.8) is 0 Å². The van der Waals surface area contributed by atoms with Gasteiger partial charge in [0.25, 0.3) is 0 Å². The molecule has 2 heterocycles. The summed E-state index contributed by atoms with van der Waals surface area (Å²) in [4.78, 5) is 11.7. The first kappa shape index (κ1) is 15.0. The highest BCUT2D eigenvalue weighted by Crippen LogP contribution is 2.28. The number of rotatable bonds is 3. The van der Waals surface area contributed by atoms with Gasteiger partial charge in [-0.1, -0.05) is 6.92 Å². The van der Waals surface area contributed by atoms with Gasteiger partial charge < -0.3 is 9.80 Å². The second-order valence-electron chi connectivity index (χ2n) is 5.03. The Kier molecular flexibility index (Phi) is 4.47. The Balaban J connectivity index is 2.04. The number of anilines is 1. The van der Waals surface area contributed by atoms with E-state index in [4.69, 9.17) is 0 Å². The van der Waals surface area contributed by atoms with Crippen molar-refractivity contribution in [1.82, 2.24) is 14.9 Å². The van der Waals surface area contributed by atoms with E-state index in [-0.39, 0.29) is 5.95 Å². The van der Waals surface area contributed by atoms with Crippen molar-refractivity contribution in [1.29, 1.82) is 0 Å². The standard InChI is InChI=1S/C13H19F3N4/c1-3-19(2)10-5-8-20(9-6-10)12-17-7-4-11(18-12)13(14,15)16/h4,7,10H,3,5-6,8-9H2,1-2H3. The molecule has 0 bridgehead atoms. The van der Waals surface area contributed by atoms with Crippen molar-refractivity contribution in [2.24, 2.45) is 0 Å². The molecule has 1 aliphatic rings. The molecule has 0 aromatic carbocycles. The maximum Gasteiger partial charge on any atom is 0.433 e. The fraction of sp³-hybridized carbons (Fsp3) is 0.692. The first-order valence-corrected chi connectivity index (χ1v) is 6.77. The molecule has 0 saturated carbocycles. The number of aromatic nitrogens is 2. The molecule has 7 heteroatoms. The number of nitrogens with zero attached hydrogens (tertiary/aromatic N) is 4. The zero-order chi connectivity index (χ0) is 14.8. The molecule has 112 valence electrons. The van der Waals surface area contributed by atoms with E-state index in [1.165, 1.54) is 6.20 Å².